The normalized spacial score (nSPS) is 8.45. The van der Waals surface area contributed by atoms with Gasteiger partial charge < -0.3 is 16.2 Å². The Morgan fingerprint density at radius 1 is 1.36 bits per heavy atom. The summed E-state index contributed by atoms with van der Waals surface area (Å²) in [6.45, 7) is 0. The Hall–Kier alpha value is -1.16. The lowest BCUT2D eigenvalue weighted by molar-refractivity contribution is 0.399. The zero-order chi connectivity index (χ0) is 7.56. The van der Waals surface area contributed by atoms with E-state index in [0.29, 0.717) is 17.4 Å². The Morgan fingerprint density at radius 3 is 2.45 bits per heavy atom. The standard InChI is InChI=1S/C6H9N3O.ClH/c1-10-5-3-2-4(7)6(8)9-5;/h2-3H,7H2,1H3,(H2,8,9);1H. The van der Waals surface area contributed by atoms with Crippen molar-refractivity contribution in [2.24, 2.45) is 0 Å². The predicted octanol–water partition coefficient (Wildman–Crippen LogP) is 0.676. The number of hydrogen-bond donors (Lipinski definition) is 2. The Balaban J connectivity index is 0.000001000. The van der Waals surface area contributed by atoms with Crippen molar-refractivity contribution >= 4 is 23.9 Å². The van der Waals surface area contributed by atoms with Crippen LogP contribution in [0.25, 0.3) is 0 Å². The molecule has 4 nitrogen and oxygen atoms in total. The van der Waals surface area contributed by atoms with E-state index in [0.717, 1.165) is 0 Å². The largest absolute Gasteiger partial charge is 0.481 e. The number of aromatic nitrogens is 1. The molecule has 1 heterocycles. The second kappa shape index (κ2) is 3.88. The van der Waals surface area contributed by atoms with E-state index in [1.54, 1.807) is 12.1 Å². The highest BCUT2D eigenvalue weighted by Gasteiger charge is 1.96. The summed E-state index contributed by atoms with van der Waals surface area (Å²) in [5, 5.41) is 0. The van der Waals surface area contributed by atoms with Crippen LogP contribution in [-0.2, 0) is 0 Å². The third kappa shape index (κ3) is 2.16. The van der Waals surface area contributed by atoms with Gasteiger partial charge in [-0.25, -0.2) is 0 Å². The molecule has 0 amide bonds. The fourth-order valence-corrected chi connectivity index (χ4v) is 0.581. The molecule has 11 heavy (non-hydrogen) atoms. The molecule has 0 spiro atoms. The number of hydrogen-bond acceptors (Lipinski definition) is 4. The highest BCUT2D eigenvalue weighted by molar-refractivity contribution is 5.85. The van der Waals surface area contributed by atoms with E-state index >= 15 is 0 Å². The number of methoxy groups -OCH3 is 1. The number of anilines is 2. The quantitative estimate of drug-likeness (QED) is 0.658. The maximum absolute atomic E-state index is 5.40. The second-order valence-electron chi connectivity index (χ2n) is 1.83. The zero-order valence-corrected chi connectivity index (χ0v) is 6.89. The Bertz CT molecular complexity index is 241. The lowest BCUT2D eigenvalue weighted by Gasteiger charge is -2.00. The van der Waals surface area contributed by atoms with Crippen molar-refractivity contribution in [1.29, 1.82) is 0 Å². The van der Waals surface area contributed by atoms with Gasteiger partial charge in [0.05, 0.1) is 12.8 Å². The van der Waals surface area contributed by atoms with Crippen molar-refractivity contribution in [1.82, 2.24) is 4.98 Å². The number of pyridine rings is 1. The zero-order valence-electron chi connectivity index (χ0n) is 6.07. The molecule has 0 saturated carbocycles. The molecule has 0 aromatic carbocycles. The summed E-state index contributed by atoms with van der Waals surface area (Å²) in [5.41, 5.74) is 11.3. The molecule has 0 radical (unpaired) electrons. The number of nitrogens with zero attached hydrogens (tertiary/aromatic N) is 1. The molecule has 1 aromatic rings. The predicted molar refractivity (Wildman–Crippen MR) is 46.9 cm³/mol. The van der Waals surface area contributed by atoms with Gasteiger partial charge in [-0.15, -0.1) is 12.4 Å². The van der Waals surface area contributed by atoms with E-state index in [9.17, 15) is 0 Å². The van der Waals surface area contributed by atoms with Crippen LogP contribution in [0.4, 0.5) is 11.5 Å². The van der Waals surface area contributed by atoms with Gasteiger partial charge in [-0.2, -0.15) is 4.98 Å². The smallest absolute Gasteiger partial charge is 0.215 e. The molecule has 0 unspecified atom stereocenters. The van der Waals surface area contributed by atoms with Crippen LogP contribution in [0.5, 0.6) is 5.88 Å². The molecule has 0 fully saturated rings. The SMILES string of the molecule is COc1ccc(N)c(N)n1.Cl. The first-order valence-corrected chi connectivity index (χ1v) is 2.80. The minimum absolute atomic E-state index is 0. The first kappa shape index (κ1) is 9.84. The third-order valence-electron chi connectivity index (χ3n) is 1.14. The van der Waals surface area contributed by atoms with Gasteiger partial charge in [0.25, 0.3) is 0 Å². The highest BCUT2D eigenvalue weighted by atomic mass is 35.5. The van der Waals surface area contributed by atoms with E-state index in [-0.39, 0.29) is 12.4 Å². The number of nitrogen functional groups attached to an aromatic ring is 2. The second-order valence-corrected chi connectivity index (χ2v) is 1.83. The highest BCUT2D eigenvalue weighted by Crippen LogP contribution is 2.15. The average molecular weight is 176 g/mol. The molecule has 0 aliphatic rings. The fraction of sp³-hybridized carbons (Fsp3) is 0.167. The number of ether oxygens (including phenoxy) is 1. The van der Waals surface area contributed by atoms with Crippen LogP contribution in [0, 0.1) is 0 Å². The van der Waals surface area contributed by atoms with Crippen LogP contribution in [0.1, 0.15) is 0 Å². The Labute approximate surface area is 71.0 Å². The van der Waals surface area contributed by atoms with Crippen LogP contribution in [-0.4, -0.2) is 12.1 Å². The first-order chi connectivity index (χ1) is 4.74. The molecule has 0 aliphatic heterocycles. The van der Waals surface area contributed by atoms with Crippen molar-refractivity contribution in [2.75, 3.05) is 18.6 Å². The number of rotatable bonds is 1. The average Bonchev–Trinajstić information content (AvgIpc) is 1.95. The minimum atomic E-state index is 0. The maximum atomic E-state index is 5.40. The summed E-state index contributed by atoms with van der Waals surface area (Å²) >= 11 is 0. The van der Waals surface area contributed by atoms with Gasteiger partial charge in [-0.05, 0) is 6.07 Å². The molecule has 1 aromatic heterocycles. The van der Waals surface area contributed by atoms with E-state index in [4.69, 9.17) is 16.2 Å². The summed E-state index contributed by atoms with van der Waals surface area (Å²) in [5.74, 6) is 0.783. The van der Waals surface area contributed by atoms with Gasteiger partial charge >= 0.3 is 0 Å². The number of halogens is 1. The van der Waals surface area contributed by atoms with Gasteiger partial charge in [-0.3, -0.25) is 0 Å². The third-order valence-corrected chi connectivity index (χ3v) is 1.14. The van der Waals surface area contributed by atoms with Gasteiger partial charge in [-0.1, -0.05) is 0 Å². The Morgan fingerprint density at radius 2 is 2.00 bits per heavy atom. The van der Waals surface area contributed by atoms with E-state index in [1.807, 2.05) is 0 Å². The molecular formula is C6H10ClN3O. The lowest BCUT2D eigenvalue weighted by Crippen LogP contribution is -1.98. The van der Waals surface area contributed by atoms with Crippen molar-refractivity contribution in [2.45, 2.75) is 0 Å². The molecule has 4 N–H and O–H groups in total. The van der Waals surface area contributed by atoms with Crippen LogP contribution in [0.2, 0.25) is 0 Å². The summed E-state index contributed by atoms with van der Waals surface area (Å²) in [7, 11) is 1.53. The Kier molecular flexibility index (Phi) is 3.47. The summed E-state index contributed by atoms with van der Waals surface area (Å²) in [4.78, 5) is 3.82. The molecular weight excluding hydrogens is 166 g/mol. The van der Waals surface area contributed by atoms with Gasteiger partial charge in [0, 0.05) is 6.07 Å². The van der Waals surface area contributed by atoms with Gasteiger partial charge in [0.15, 0.2) is 5.82 Å². The van der Waals surface area contributed by atoms with E-state index in [1.165, 1.54) is 7.11 Å². The van der Waals surface area contributed by atoms with Crippen LogP contribution >= 0.6 is 12.4 Å². The van der Waals surface area contributed by atoms with E-state index in [2.05, 4.69) is 4.98 Å². The van der Waals surface area contributed by atoms with Crippen molar-refractivity contribution in [3.63, 3.8) is 0 Å². The molecule has 1 rings (SSSR count). The van der Waals surface area contributed by atoms with Crippen molar-refractivity contribution in [3.05, 3.63) is 12.1 Å². The van der Waals surface area contributed by atoms with E-state index < -0.39 is 0 Å². The summed E-state index contributed by atoms with van der Waals surface area (Å²) in [6, 6.07) is 3.31. The molecule has 0 saturated heterocycles. The van der Waals surface area contributed by atoms with Crippen LogP contribution in [0.3, 0.4) is 0 Å². The molecule has 0 aliphatic carbocycles. The van der Waals surface area contributed by atoms with Gasteiger partial charge in [0.2, 0.25) is 5.88 Å². The monoisotopic (exact) mass is 175 g/mol. The molecule has 62 valence electrons. The minimum Gasteiger partial charge on any atom is -0.481 e. The molecule has 0 atom stereocenters. The topological polar surface area (TPSA) is 74.2 Å². The lowest BCUT2D eigenvalue weighted by atomic mass is 10.4. The summed E-state index contributed by atoms with van der Waals surface area (Å²) < 4.78 is 4.80. The molecule has 0 bridgehead atoms. The maximum Gasteiger partial charge on any atom is 0.215 e. The fourth-order valence-electron chi connectivity index (χ4n) is 0.581. The van der Waals surface area contributed by atoms with Crippen LogP contribution in [0.15, 0.2) is 12.1 Å². The number of nitrogens with two attached hydrogens (primary N) is 2. The van der Waals surface area contributed by atoms with Crippen LogP contribution < -0.4 is 16.2 Å². The van der Waals surface area contributed by atoms with Gasteiger partial charge in [0.1, 0.15) is 0 Å². The summed E-state index contributed by atoms with van der Waals surface area (Å²) in [6.07, 6.45) is 0. The first-order valence-electron chi connectivity index (χ1n) is 2.80. The van der Waals surface area contributed by atoms with Crippen molar-refractivity contribution in [3.8, 4) is 5.88 Å². The van der Waals surface area contributed by atoms with Crippen molar-refractivity contribution < 1.29 is 4.74 Å². The molecule has 5 heteroatoms.